The topological polar surface area (TPSA) is 46.2 Å². The first-order valence-corrected chi connectivity index (χ1v) is 7.54. The van der Waals surface area contributed by atoms with Crippen molar-refractivity contribution in [2.24, 2.45) is 17.1 Å². The summed E-state index contributed by atoms with van der Waals surface area (Å²) in [5.74, 6) is 0.721. The van der Waals surface area contributed by atoms with Crippen molar-refractivity contribution in [2.75, 3.05) is 6.54 Å². The Morgan fingerprint density at radius 2 is 2.11 bits per heavy atom. The van der Waals surface area contributed by atoms with E-state index in [1.165, 1.54) is 12.8 Å². The van der Waals surface area contributed by atoms with Crippen LogP contribution in [-0.2, 0) is 0 Å². The quantitative estimate of drug-likeness (QED) is 0.891. The molecular weight excluding hydrogens is 290 g/mol. The van der Waals surface area contributed by atoms with Gasteiger partial charge < -0.3 is 10.8 Å². The van der Waals surface area contributed by atoms with E-state index < -0.39 is 6.10 Å². The van der Waals surface area contributed by atoms with Crippen LogP contribution < -0.4 is 5.73 Å². The van der Waals surface area contributed by atoms with E-state index in [-0.39, 0.29) is 5.41 Å². The molecule has 0 aromatic heterocycles. The second-order valence-corrected chi connectivity index (χ2v) is 6.45. The molecule has 3 unspecified atom stereocenters. The number of aliphatic hydroxyl groups is 1. The molecule has 1 fully saturated rings. The van der Waals surface area contributed by atoms with Crippen molar-refractivity contribution < 1.29 is 5.11 Å². The fraction of sp³-hybridized carbons (Fsp3) is 0.600. The first kappa shape index (κ1) is 14.0. The molecule has 1 aromatic rings. The van der Waals surface area contributed by atoms with Crippen molar-refractivity contribution in [3.8, 4) is 0 Å². The van der Waals surface area contributed by atoms with E-state index in [0.29, 0.717) is 6.54 Å². The van der Waals surface area contributed by atoms with E-state index in [9.17, 15) is 5.11 Å². The molecule has 0 radical (unpaired) electrons. The molecule has 18 heavy (non-hydrogen) atoms. The van der Waals surface area contributed by atoms with E-state index in [4.69, 9.17) is 5.73 Å². The Morgan fingerprint density at radius 3 is 2.61 bits per heavy atom. The minimum atomic E-state index is -0.438. The number of rotatable bonds is 4. The number of benzene rings is 1. The molecule has 0 heterocycles. The molecule has 3 N–H and O–H groups in total. The van der Waals surface area contributed by atoms with Crippen molar-refractivity contribution in [3.63, 3.8) is 0 Å². The summed E-state index contributed by atoms with van der Waals surface area (Å²) in [6, 6.07) is 7.95. The molecule has 1 aliphatic carbocycles. The molecule has 0 saturated heterocycles. The van der Waals surface area contributed by atoms with E-state index in [0.717, 1.165) is 28.8 Å². The highest BCUT2D eigenvalue weighted by atomic mass is 79.9. The van der Waals surface area contributed by atoms with Crippen molar-refractivity contribution in [3.05, 3.63) is 34.3 Å². The average molecular weight is 312 g/mol. The minimum Gasteiger partial charge on any atom is -0.388 e. The second-order valence-electron chi connectivity index (χ2n) is 5.54. The van der Waals surface area contributed by atoms with Crippen LogP contribution >= 0.6 is 15.9 Å². The minimum absolute atomic E-state index is 0.117. The van der Waals surface area contributed by atoms with Gasteiger partial charge in [-0.25, -0.2) is 0 Å². The van der Waals surface area contributed by atoms with Gasteiger partial charge in [0.15, 0.2) is 0 Å². The highest BCUT2D eigenvalue weighted by molar-refractivity contribution is 9.10. The summed E-state index contributed by atoms with van der Waals surface area (Å²) in [5.41, 5.74) is 6.85. The van der Waals surface area contributed by atoms with Crippen LogP contribution in [0.1, 0.15) is 44.3 Å². The normalized spacial score (nSPS) is 29.4. The van der Waals surface area contributed by atoms with Gasteiger partial charge in [-0.3, -0.25) is 0 Å². The molecule has 1 aliphatic rings. The summed E-state index contributed by atoms with van der Waals surface area (Å²) in [7, 11) is 0. The third-order valence-electron chi connectivity index (χ3n) is 4.50. The number of aliphatic hydroxyl groups excluding tert-OH is 1. The van der Waals surface area contributed by atoms with E-state index in [1.54, 1.807) is 0 Å². The maximum Gasteiger partial charge on any atom is 0.0858 e. The Morgan fingerprint density at radius 1 is 1.44 bits per heavy atom. The maximum atomic E-state index is 10.7. The van der Waals surface area contributed by atoms with Crippen LogP contribution in [0.4, 0.5) is 0 Å². The van der Waals surface area contributed by atoms with Gasteiger partial charge in [-0.1, -0.05) is 41.4 Å². The zero-order valence-corrected chi connectivity index (χ0v) is 12.5. The van der Waals surface area contributed by atoms with Gasteiger partial charge in [-0.15, -0.1) is 0 Å². The lowest BCUT2D eigenvalue weighted by molar-refractivity contribution is 0.0301. The SMILES string of the molecule is CCC1CCC(CN)(C(O)c2ccc(Br)cc2)C1. The lowest BCUT2D eigenvalue weighted by atomic mass is 9.76. The first-order chi connectivity index (χ1) is 8.61. The molecule has 100 valence electrons. The second kappa shape index (κ2) is 5.72. The van der Waals surface area contributed by atoms with Gasteiger partial charge >= 0.3 is 0 Å². The van der Waals surface area contributed by atoms with Crippen LogP contribution in [0, 0.1) is 11.3 Å². The van der Waals surface area contributed by atoms with Gasteiger partial charge in [0.25, 0.3) is 0 Å². The Kier molecular flexibility index (Phi) is 4.46. The molecule has 3 atom stereocenters. The number of hydrogen-bond donors (Lipinski definition) is 2. The largest absolute Gasteiger partial charge is 0.388 e. The molecule has 1 saturated carbocycles. The zero-order valence-electron chi connectivity index (χ0n) is 10.9. The smallest absolute Gasteiger partial charge is 0.0858 e. The summed E-state index contributed by atoms with van der Waals surface area (Å²) in [6.07, 6.45) is 4.04. The lowest BCUT2D eigenvalue weighted by Gasteiger charge is -2.33. The number of nitrogens with two attached hydrogens (primary N) is 1. The van der Waals surface area contributed by atoms with Crippen molar-refractivity contribution in [1.82, 2.24) is 0 Å². The molecule has 2 nitrogen and oxygen atoms in total. The Hall–Kier alpha value is -0.380. The van der Waals surface area contributed by atoms with Crippen LogP contribution in [0.2, 0.25) is 0 Å². The average Bonchev–Trinajstić information content (AvgIpc) is 2.84. The van der Waals surface area contributed by atoms with Crippen LogP contribution in [-0.4, -0.2) is 11.7 Å². The fourth-order valence-electron chi connectivity index (χ4n) is 3.16. The summed E-state index contributed by atoms with van der Waals surface area (Å²) < 4.78 is 1.04. The Labute approximate surface area is 118 Å². The zero-order chi connectivity index (χ0) is 13.2. The maximum absolute atomic E-state index is 10.7. The van der Waals surface area contributed by atoms with Crippen molar-refractivity contribution in [2.45, 2.75) is 38.7 Å². The first-order valence-electron chi connectivity index (χ1n) is 6.75. The molecule has 3 heteroatoms. The van der Waals surface area contributed by atoms with E-state index >= 15 is 0 Å². The van der Waals surface area contributed by atoms with Gasteiger partial charge in [0.1, 0.15) is 0 Å². The molecule has 2 rings (SSSR count). The number of hydrogen-bond acceptors (Lipinski definition) is 2. The predicted molar refractivity (Wildman–Crippen MR) is 78.2 cm³/mol. The summed E-state index contributed by atoms with van der Waals surface area (Å²) >= 11 is 3.42. The van der Waals surface area contributed by atoms with Gasteiger partial charge in [-0.2, -0.15) is 0 Å². The molecule has 0 spiro atoms. The summed E-state index contributed by atoms with van der Waals surface area (Å²) in [4.78, 5) is 0. The molecule has 0 bridgehead atoms. The standard InChI is InChI=1S/C15H22BrNO/c1-2-11-7-8-15(9-11,10-17)14(18)12-3-5-13(16)6-4-12/h3-6,11,14,18H,2,7-10,17H2,1H3. The van der Waals surface area contributed by atoms with Crippen molar-refractivity contribution >= 4 is 15.9 Å². The van der Waals surface area contributed by atoms with Gasteiger partial charge in [0.05, 0.1) is 6.10 Å². The highest BCUT2D eigenvalue weighted by Crippen LogP contribution is 2.50. The van der Waals surface area contributed by atoms with Crippen LogP contribution in [0.25, 0.3) is 0 Å². The van der Waals surface area contributed by atoms with Gasteiger partial charge in [0.2, 0.25) is 0 Å². The van der Waals surface area contributed by atoms with E-state index in [1.807, 2.05) is 24.3 Å². The van der Waals surface area contributed by atoms with Crippen LogP contribution in [0.15, 0.2) is 28.7 Å². The third kappa shape index (κ3) is 2.63. The third-order valence-corrected chi connectivity index (χ3v) is 5.02. The number of halogens is 1. The van der Waals surface area contributed by atoms with Crippen molar-refractivity contribution in [1.29, 1.82) is 0 Å². The van der Waals surface area contributed by atoms with Gasteiger partial charge in [-0.05, 0) is 42.9 Å². The molecule has 1 aromatic carbocycles. The Balaban J connectivity index is 2.20. The fourth-order valence-corrected chi connectivity index (χ4v) is 3.43. The summed E-state index contributed by atoms with van der Waals surface area (Å²) in [6.45, 7) is 2.80. The monoisotopic (exact) mass is 311 g/mol. The van der Waals surface area contributed by atoms with Crippen LogP contribution in [0.5, 0.6) is 0 Å². The molecular formula is C15H22BrNO. The Bertz CT molecular complexity index is 392. The summed E-state index contributed by atoms with van der Waals surface area (Å²) in [5, 5.41) is 10.7. The lowest BCUT2D eigenvalue weighted by Crippen LogP contribution is -2.34. The van der Waals surface area contributed by atoms with E-state index in [2.05, 4.69) is 22.9 Å². The predicted octanol–water partition coefficient (Wildman–Crippen LogP) is 3.64. The van der Waals surface area contributed by atoms with Gasteiger partial charge in [0, 0.05) is 16.4 Å². The molecule has 0 amide bonds. The highest BCUT2D eigenvalue weighted by Gasteiger charge is 2.43. The molecule has 0 aliphatic heterocycles. The van der Waals surface area contributed by atoms with Crippen LogP contribution in [0.3, 0.4) is 0 Å².